The predicted molar refractivity (Wildman–Crippen MR) is 257 cm³/mol. The summed E-state index contributed by atoms with van der Waals surface area (Å²) in [6.45, 7) is 0. The van der Waals surface area contributed by atoms with Gasteiger partial charge in [-0.1, -0.05) is 24.3 Å². The summed E-state index contributed by atoms with van der Waals surface area (Å²) in [5, 5.41) is 16.2. The molecule has 0 unspecified atom stereocenters. The third kappa shape index (κ3) is 11.7. The number of hydrogen-bond donors (Lipinski definition) is 0. The van der Waals surface area contributed by atoms with Gasteiger partial charge in [-0.15, -0.1) is 33.5 Å². The monoisotopic (exact) mass is 1480 g/mol. The van der Waals surface area contributed by atoms with Crippen LogP contribution >= 0.6 is 0 Å². The van der Waals surface area contributed by atoms with Crippen molar-refractivity contribution in [3.05, 3.63) is 292 Å². The van der Waals surface area contributed by atoms with E-state index in [-0.39, 0.29) is 86.7 Å². The quantitative estimate of drug-likeness (QED) is 0.0999. The molecule has 0 saturated heterocycles. The Morgan fingerprint density at radius 3 is 1.39 bits per heavy atom. The van der Waals surface area contributed by atoms with E-state index in [4.69, 9.17) is 0 Å². The summed E-state index contributed by atoms with van der Waals surface area (Å²) >= 11 is 0. The van der Waals surface area contributed by atoms with Crippen molar-refractivity contribution in [2.45, 2.75) is 5.66 Å². The van der Waals surface area contributed by atoms with Gasteiger partial charge in [0.1, 0.15) is 29.5 Å². The van der Waals surface area contributed by atoms with Gasteiger partial charge in [-0.25, -0.2) is 9.67 Å². The second kappa shape index (κ2) is 26.5. The average molecular weight is 1480 g/mol. The van der Waals surface area contributed by atoms with Crippen LogP contribution in [-0.2, 0) is 86.7 Å². The van der Waals surface area contributed by atoms with E-state index in [9.17, 15) is 0 Å². The summed E-state index contributed by atoms with van der Waals surface area (Å²) < 4.78 is 14.0. The SMILES string of the molecule is [Ir].[Pd].[Pt].[Rh].[c-]1ccccc1-n1cccn1.[c-]1ccccc1-n1cccn1.[c-]1ccccc1-n1cccn1.[c-]1ccccc1-n1cncn1.c1ccc2c(c1)-c1cccc[n+]1[C@]21c2ccccc2-n2ccc[n+]21. The first kappa shape index (κ1) is 54.4. The summed E-state index contributed by atoms with van der Waals surface area (Å²) in [6.07, 6.45) is 20.6. The van der Waals surface area contributed by atoms with Gasteiger partial charge in [0.2, 0.25) is 11.9 Å². The predicted octanol–water partition coefficient (Wildman–Crippen LogP) is 8.72. The molecule has 12 nitrogen and oxygen atoms in total. The number of rotatable bonds is 4. The van der Waals surface area contributed by atoms with Gasteiger partial charge in [-0.05, 0) is 76.0 Å². The molecular weight excluding hydrogens is 1440 g/mol. The van der Waals surface area contributed by atoms with E-state index in [1.54, 1.807) is 43.6 Å². The molecule has 14 rings (SSSR count). The van der Waals surface area contributed by atoms with Gasteiger partial charge in [-0.3, -0.25) is 14.0 Å². The van der Waals surface area contributed by atoms with Crippen LogP contribution in [0.3, 0.4) is 0 Å². The van der Waals surface area contributed by atoms with Gasteiger partial charge in [0.25, 0.3) is 0 Å². The van der Waals surface area contributed by atoms with Crippen LogP contribution in [0, 0.1) is 24.3 Å². The minimum Gasteiger partial charge on any atom is -0.266 e. The number of benzene rings is 6. The molecule has 0 saturated carbocycles. The molecule has 2 radical (unpaired) electrons. The summed E-state index contributed by atoms with van der Waals surface area (Å²) in [6, 6.07) is 74.8. The standard InChI is InChI=1S/C21H15N3.3C9H7N2.C8H6N3.Ir.Pd.Pt.Rh/c1-2-9-17-16(8-1)19-11-5-6-13-22(19)21(17)18-10-3-4-12-20(18)23-14-7-15-24(21)23;3*1-2-5-9(6-3-1)11-8-4-7-10-11;1-2-4-8(5-3-1)11-7-9-6-10-11;;;;/h1-15H;3*1-5,7-8H;1-4,6-7H;;;;/q+2;4*-1;;;;/t21-;;;;;;;;/m1......../s1. The van der Waals surface area contributed by atoms with Crippen molar-refractivity contribution in [1.29, 1.82) is 0 Å². The van der Waals surface area contributed by atoms with Gasteiger partial charge >= 0.3 is 5.66 Å². The van der Waals surface area contributed by atoms with Crippen LogP contribution < -0.4 is 9.25 Å². The van der Waals surface area contributed by atoms with Crippen molar-refractivity contribution in [3.63, 3.8) is 0 Å². The molecule has 8 heterocycles. The smallest absolute Gasteiger partial charge is 0.266 e. The zero-order chi connectivity index (χ0) is 45.8. The van der Waals surface area contributed by atoms with Crippen LogP contribution in [0.25, 0.3) is 39.7 Å². The van der Waals surface area contributed by atoms with Crippen LogP contribution in [0.4, 0.5) is 0 Å². The summed E-state index contributed by atoms with van der Waals surface area (Å²) in [5.41, 5.74) is 9.89. The van der Waals surface area contributed by atoms with Crippen molar-refractivity contribution < 1.29 is 90.3 Å². The Labute approximate surface area is 472 Å². The van der Waals surface area contributed by atoms with E-state index in [0.717, 1.165) is 22.7 Å². The minimum atomic E-state index is -0.354. The second-order valence-electron chi connectivity index (χ2n) is 15.1. The first-order chi connectivity index (χ1) is 33.8. The average Bonchev–Trinajstić information content (AvgIpc) is 4.29. The maximum atomic E-state index is 4.07. The van der Waals surface area contributed by atoms with Crippen LogP contribution in [0.2, 0.25) is 0 Å². The molecule has 12 aromatic rings. The molecule has 1 spiro atoms. The Bertz CT molecular complexity index is 3080. The van der Waals surface area contributed by atoms with E-state index in [2.05, 4.69) is 155 Å². The molecule has 6 aromatic heterocycles. The number of para-hydroxylation sites is 5. The fraction of sp³-hybridized carbons (Fsp3) is 0.0179. The zero-order valence-electron chi connectivity index (χ0n) is 37.9. The molecular formula is C56H42IrN12PdPtRh-2. The van der Waals surface area contributed by atoms with E-state index >= 15 is 0 Å². The third-order valence-electron chi connectivity index (χ3n) is 11.0. The molecule has 0 amide bonds. The van der Waals surface area contributed by atoms with Gasteiger partial charge < -0.3 is 0 Å². The molecule has 2 aliphatic rings. The minimum absolute atomic E-state index is 0. The Morgan fingerprint density at radius 1 is 0.444 bits per heavy atom. The first-order valence-corrected chi connectivity index (χ1v) is 21.8. The fourth-order valence-corrected chi connectivity index (χ4v) is 8.16. The Hall–Kier alpha value is -6.93. The van der Waals surface area contributed by atoms with Gasteiger partial charge in [0.15, 0.2) is 6.20 Å². The van der Waals surface area contributed by atoms with Gasteiger partial charge in [0, 0.05) is 136 Å². The molecule has 0 aliphatic carbocycles. The summed E-state index contributed by atoms with van der Waals surface area (Å²) in [7, 11) is 0. The van der Waals surface area contributed by atoms with Crippen LogP contribution in [0.15, 0.2) is 256 Å². The van der Waals surface area contributed by atoms with Crippen molar-refractivity contribution in [3.8, 4) is 39.7 Å². The van der Waals surface area contributed by atoms with Gasteiger partial charge in [-0.2, -0.15) is 117 Å². The number of nitrogens with zero attached hydrogens (tertiary/aromatic N) is 12. The maximum Gasteiger partial charge on any atom is 0.439 e. The number of pyridine rings is 1. The molecule has 0 fully saturated rings. The Morgan fingerprint density at radius 2 is 0.917 bits per heavy atom. The van der Waals surface area contributed by atoms with E-state index in [1.807, 2.05) is 134 Å². The van der Waals surface area contributed by atoms with E-state index in [0.29, 0.717) is 0 Å². The fourth-order valence-electron chi connectivity index (χ4n) is 8.16. The van der Waals surface area contributed by atoms with Crippen molar-refractivity contribution in [2.75, 3.05) is 0 Å². The van der Waals surface area contributed by atoms with Crippen LogP contribution in [0.1, 0.15) is 11.1 Å². The summed E-state index contributed by atoms with van der Waals surface area (Å²) in [5.74, 6) is 0. The van der Waals surface area contributed by atoms with Crippen molar-refractivity contribution in [2.24, 2.45) is 0 Å². The van der Waals surface area contributed by atoms with Crippen LogP contribution in [0.5, 0.6) is 0 Å². The molecule has 72 heavy (non-hydrogen) atoms. The number of aromatic nitrogens is 12. The number of fused-ring (bicyclic) bond motifs is 10. The maximum absolute atomic E-state index is 4.07. The van der Waals surface area contributed by atoms with Crippen molar-refractivity contribution >= 4 is 0 Å². The largest absolute Gasteiger partial charge is 0.439 e. The first-order valence-electron chi connectivity index (χ1n) is 21.8. The molecule has 1 atom stereocenters. The normalized spacial score (nSPS) is 12.3. The van der Waals surface area contributed by atoms with Crippen molar-refractivity contribution in [1.82, 2.24) is 48.8 Å². The van der Waals surface area contributed by atoms with E-state index < -0.39 is 0 Å². The second-order valence-corrected chi connectivity index (χ2v) is 15.1. The molecule has 366 valence electrons. The topological polar surface area (TPSA) is 96.9 Å². The van der Waals surface area contributed by atoms with Gasteiger partial charge in [0.05, 0.1) is 11.8 Å². The molecule has 0 N–H and O–H groups in total. The molecule has 0 bridgehead atoms. The summed E-state index contributed by atoms with van der Waals surface area (Å²) in [4.78, 5) is 3.83. The Kier molecular flexibility index (Phi) is 20.0. The molecule has 2 aliphatic heterocycles. The number of hydrogen-bond acceptors (Lipinski definition) is 5. The Balaban J connectivity index is 0.000000153. The zero-order valence-corrected chi connectivity index (χ0v) is 45.8. The third-order valence-corrected chi connectivity index (χ3v) is 11.0. The molecule has 6 aromatic carbocycles. The van der Waals surface area contributed by atoms with E-state index in [1.165, 1.54) is 34.4 Å². The van der Waals surface area contributed by atoms with Crippen LogP contribution in [-0.4, -0.2) is 48.8 Å². The molecule has 16 heteroatoms.